The maximum absolute atomic E-state index is 12.4. The number of ether oxygens (including phenoxy) is 1. The van der Waals surface area contributed by atoms with E-state index in [-0.39, 0.29) is 23.3 Å². The molecule has 2 aromatic heterocycles. The van der Waals surface area contributed by atoms with E-state index in [1.165, 1.54) is 10.9 Å². The van der Waals surface area contributed by atoms with Crippen LogP contribution in [0.15, 0.2) is 59.9 Å². The van der Waals surface area contributed by atoms with Gasteiger partial charge in [0.2, 0.25) is 11.9 Å². The normalized spacial score (nSPS) is 18.1. The summed E-state index contributed by atoms with van der Waals surface area (Å²) in [6.07, 6.45) is -2.21. The maximum atomic E-state index is 12.4. The second-order valence-corrected chi connectivity index (χ2v) is 12.1. The zero-order valence-corrected chi connectivity index (χ0v) is 29.3. The predicted molar refractivity (Wildman–Crippen MR) is 200 cm³/mol. The zero-order valence-electron chi connectivity index (χ0n) is 27.7. The van der Waals surface area contributed by atoms with E-state index in [1.807, 2.05) is 36.4 Å². The predicted octanol–water partition coefficient (Wildman–Crippen LogP) is 1.59. The van der Waals surface area contributed by atoms with E-state index in [9.17, 15) is 19.8 Å². The van der Waals surface area contributed by atoms with E-state index in [4.69, 9.17) is 22.7 Å². The zero-order chi connectivity index (χ0) is 36.3. The first-order valence-electron chi connectivity index (χ1n) is 16.3. The first-order valence-corrected chi connectivity index (χ1v) is 17.1. The molecule has 18 heteroatoms. The molecule has 1 fully saturated rings. The summed E-state index contributed by atoms with van der Waals surface area (Å²) in [6, 6.07) is 15.3. The lowest BCUT2D eigenvalue weighted by Gasteiger charge is -2.16. The smallest absolute Gasteiger partial charge is 0.252 e. The molecule has 4 atom stereocenters. The van der Waals surface area contributed by atoms with Gasteiger partial charge in [-0.3, -0.25) is 14.2 Å². The Balaban J connectivity index is 1.03. The Hall–Kier alpha value is -5.10. The first kappa shape index (κ1) is 37.2. The van der Waals surface area contributed by atoms with Crippen LogP contribution in [0.2, 0.25) is 0 Å². The van der Waals surface area contributed by atoms with Crippen LogP contribution in [0.3, 0.4) is 0 Å². The van der Waals surface area contributed by atoms with Crippen molar-refractivity contribution in [3.63, 3.8) is 0 Å². The molecule has 16 nitrogen and oxygen atoms in total. The van der Waals surface area contributed by atoms with Crippen LogP contribution in [0.1, 0.15) is 30.7 Å². The molecule has 268 valence electrons. The van der Waals surface area contributed by atoms with Crippen molar-refractivity contribution >= 4 is 80.8 Å². The monoisotopic (exact) mass is 733 g/mol. The Labute approximate surface area is 304 Å². The van der Waals surface area contributed by atoms with E-state index >= 15 is 0 Å². The molecular weight excluding hydrogens is 695 g/mol. The fourth-order valence-electron chi connectivity index (χ4n) is 5.35. The van der Waals surface area contributed by atoms with Crippen LogP contribution in [0.25, 0.3) is 11.2 Å². The summed E-state index contributed by atoms with van der Waals surface area (Å²) >= 11 is 9.91. The van der Waals surface area contributed by atoms with Crippen molar-refractivity contribution in [2.45, 2.75) is 50.7 Å². The third-order valence-corrected chi connectivity index (χ3v) is 8.30. The van der Waals surface area contributed by atoms with Gasteiger partial charge in [0.25, 0.3) is 5.91 Å². The second-order valence-electron chi connectivity index (χ2n) is 11.6. The summed E-state index contributed by atoms with van der Waals surface area (Å²) in [7, 11) is 0. The Morgan fingerprint density at radius 1 is 0.980 bits per heavy atom. The van der Waals surface area contributed by atoms with Gasteiger partial charge >= 0.3 is 0 Å². The summed E-state index contributed by atoms with van der Waals surface area (Å²) in [5, 5.41) is 38.6. The molecule has 1 aliphatic rings. The van der Waals surface area contributed by atoms with E-state index in [0.29, 0.717) is 61.8 Å². The lowest BCUT2D eigenvalue weighted by molar-refractivity contribution is -0.137. The largest absolute Gasteiger partial charge is 0.387 e. The molecule has 3 heterocycles. The van der Waals surface area contributed by atoms with Crippen molar-refractivity contribution in [3.8, 4) is 0 Å². The average Bonchev–Trinajstić information content (AvgIpc) is 3.67. The number of nitrogens with zero attached hydrogens (tertiary/aromatic N) is 5. The molecule has 2 amide bonds. The molecule has 2 aromatic carbocycles. The minimum Gasteiger partial charge on any atom is -0.387 e. The number of hydrogen-bond donors (Lipinski definition) is 8. The number of benzene rings is 2. The third-order valence-electron chi connectivity index (χ3n) is 7.96. The SMILES string of the molecule is CCNC(=O)[C@H]1OC(n2cnc3c(N)nc(NCCc4ccc(CCC(=O)NCCNC(=S)Nc5ccc(N=C=S)cc5)cc4)nc32)[C@H](O)[C@@H]1O. The number of hydrogen-bond acceptors (Lipinski definition) is 13. The highest BCUT2D eigenvalue weighted by molar-refractivity contribution is 7.80. The van der Waals surface area contributed by atoms with Gasteiger partial charge in [-0.15, -0.1) is 0 Å². The average molecular weight is 734 g/mol. The van der Waals surface area contributed by atoms with E-state index in [0.717, 1.165) is 16.8 Å². The van der Waals surface area contributed by atoms with Gasteiger partial charge in [0, 0.05) is 38.3 Å². The Kier molecular flexibility index (Phi) is 12.9. The fraction of sp³-hybridized carbons (Fsp3) is 0.364. The van der Waals surface area contributed by atoms with Gasteiger partial charge < -0.3 is 47.3 Å². The molecule has 9 N–H and O–H groups in total. The number of nitrogen functional groups attached to an aromatic ring is 1. The minimum atomic E-state index is -1.44. The van der Waals surface area contributed by atoms with E-state index in [1.54, 1.807) is 19.1 Å². The summed E-state index contributed by atoms with van der Waals surface area (Å²) < 4.78 is 7.15. The Morgan fingerprint density at radius 3 is 2.39 bits per heavy atom. The molecule has 1 unspecified atom stereocenters. The number of thiocarbonyl (C=S) groups is 2. The molecule has 0 bridgehead atoms. The lowest BCUT2D eigenvalue weighted by atomic mass is 10.1. The van der Waals surface area contributed by atoms with Gasteiger partial charge in [-0.25, -0.2) is 4.98 Å². The number of aromatic nitrogens is 4. The van der Waals surface area contributed by atoms with Crippen molar-refractivity contribution in [2.75, 3.05) is 42.5 Å². The number of carbonyl (C=O) groups is 2. The molecule has 0 aliphatic carbocycles. The number of aryl methyl sites for hydroxylation is 1. The molecule has 0 saturated carbocycles. The molecule has 0 radical (unpaired) electrons. The molecule has 5 rings (SSSR count). The number of isothiocyanates is 1. The van der Waals surface area contributed by atoms with Crippen LogP contribution in [-0.2, 0) is 27.2 Å². The van der Waals surface area contributed by atoms with Gasteiger partial charge in [-0.05, 0) is 79.6 Å². The Bertz CT molecular complexity index is 1880. The highest BCUT2D eigenvalue weighted by atomic mass is 32.1. The highest BCUT2D eigenvalue weighted by Crippen LogP contribution is 2.32. The van der Waals surface area contributed by atoms with Crippen LogP contribution < -0.4 is 32.3 Å². The maximum Gasteiger partial charge on any atom is 0.252 e. The molecule has 51 heavy (non-hydrogen) atoms. The standard InChI is InChI=1S/C33H39N11O5S2/c1-2-35-30(48)27-25(46)26(47)31(49-27)44-17-39-24-28(34)42-32(43-29(24)44)37-14-13-20-5-3-19(4-6-20)7-12-23(45)36-15-16-38-33(51)41-22-10-8-21(9-11-22)40-18-50/h3-6,8-11,17,25-27,31,46-47H,2,7,12-16H2,1H3,(H,35,48)(H,36,45)(H2,38,41,51)(H3,34,37,42,43)/t25-,26+,27-,31?/m0/s1. The fourth-order valence-corrected chi connectivity index (χ4v) is 5.67. The highest BCUT2D eigenvalue weighted by Gasteiger charge is 2.47. The molecule has 1 saturated heterocycles. The molecule has 0 spiro atoms. The summed E-state index contributed by atoms with van der Waals surface area (Å²) in [4.78, 5) is 41.6. The third kappa shape index (κ3) is 9.78. The summed E-state index contributed by atoms with van der Waals surface area (Å²) in [6.45, 7) is 3.49. The quantitative estimate of drug-likeness (QED) is 0.0494. The van der Waals surface area contributed by atoms with Crippen LogP contribution in [0.5, 0.6) is 0 Å². The number of imidazole rings is 1. The van der Waals surface area contributed by atoms with Crippen LogP contribution >= 0.6 is 24.4 Å². The number of nitrogens with one attached hydrogen (secondary N) is 5. The molecule has 1 aliphatic heterocycles. The summed E-state index contributed by atoms with van der Waals surface area (Å²) in [5.74, 6) is -0.214. The van der Waals surface area contributed by atoms with Gasteiger partial charge in [-0.1, -0.05) is 24.3 Å². The topological polar surface area (TPSA) is 226 Å². The molecule has 4 aromatic rings. The minimum absolute atomic E-state index is 0.0526. The number of aliphatic hydroxyl groups is 2. The first-order chi connectivity index (χ1) is 24.7. The van der Waals surface area contributed by atoms with Crippen molar-refractivity contribution in [2.24, 2.45) is 4.99 Å². The number of anilines is 3. The number of fused-ring (bicyclic) bond motifs is 1. The van der Waals surface area contributed by atoms with Crippen LogP contribution in [-0.4, -0.2) is 96.3 Å². The number of amides is 2. The number of rotatable bonds is 15. The van der Waals surface area contributed by atoms with Gasteiger partial charge in [0.05, 0.1) is 17.2 Å². The summed E-state index contributed by atoms with van der Waals surface area (Å²) in [5.41, 5.74) is 10.3. The van der Waals surface area contributed by atoms with Gasteiger partial charge in [-0.2, -0.15) is 15.0 Å². The number of carbonyl (C=O) groups excluding carboxylic acids is 2. The van der Waals surface area contributed by atoms with Crippen LogP contribution in [0, 0.1) is 0 Å². The lowest BCUT2D eigenvalue weighted by Crippen LogP contribution is -2.42. The van der Waals surface area contributed by atoms with Crippen LogP contribution in [0.4, 0.5) is 23.1 Å². The second kappa shape index (κ2) is 17.7. The number of nitrogens with two attached hydrogens (primary N) is 1. The number of aliphatic hydroxyl groups excluding tert-OH is 2. The van der Waals surface area contributed by atoms with Gasteiger partial charge in [0.1, 0.15) is 17.7 Å². The number of likely N-dealkylation sites (N-methyl/N-ethyl adjacent to an activating group) is 1. The van der Waals surface area contributed by atoms with Gasteiger partial charge in [0.15, 0.2) is 28.9 Å². The molecular formula is C33H39N11O5S2. The van der Waals surface area contributed by atoms with Crippen molar-refractivity contribution in [3.05, 3.63) is 66.0 Å². The van der Waals surface area contributed by atoms with E-state index < -0.39 is 30.4 Å². The van der Waals surface area contributed by atoms with Crippen molar-refractivity contribution in [1.29, 1.82) is 0 Å². The van der Waals surface area contributed by atoms with Crippen molar-refractivity contribution in [1.82, 2.24) is 35.5 Å². The van der Waals surface area contributed by atoms with E-state index in [2.05, 4.69) is 63.9 Å². The Morgan fingerprint density at radius 2 is 1.69 bits per heavy atom. The van der Waals surface area contributed by atoms with Crippen molar-refractivity contribution < 1.29 is 24.5 Å². The number of aliphatic imine (C=N–C) groups is 1.